The van der Waals surface area contributed by atoms with Crippen molar-refractivity contribution in [1.82, 2.24) is 0 Å². The van der Waals surface area contributed by atoms with Crippen molar-refractivity contribution in [2.75, 3.05) is 0 Å². The first-order valence-corrected chi connectivity index (χ1v) is 7.71. The molecule has 2 rings (SSSR count). The summed E-state index contributed by atoms with van der Waals surface area (Å²) in [6.07, 6.45) is 4.22. The average molecular weight is 291 g/mol. The Morgan fingerprint density at radius 2 is 1.55 bits per heavy atom. The van der Waals surface area contributed by atoms with E-state index in [1.54, 1.807) is 0 Å². The van der Waals surface area contributed by atoms with Gasteiger partial charge >= 0.3 is 0 Å². The predicted molar refractivity (Wildman–Crippen MR) is 97.3 cm³/mol. The lowest BCUT2D eigenvalue weighted by Crippen LogP contribution is -2.09. The van der Waals surface area contributed by atoms with Gasteiger partial charge in [-0.1, -0.05) is 75.4 Å². The van der Waals surface area contributed by atoms with E-state index in [9.17, 15) is 0 Å². The Labute approximate surface area is 134 Å². The van der Waals surface area contributed by atoms with Gasteiger partial charge in [-0.05, 0) is 46.7 Å². The molecular weight excluding hydrogens is 266 g/mol. The van der Waals surface area contributed by atoms with E-state index >= 15 is 0 Å². The molecule has 1 heteroatoms. The van der Waals surface area contributed by atoms with Crippen LogP contribution < -0.4 is 5.73 Å². The van der Waals surface area contributed by atoms with Crippen LogP contribution in [0, 0.1) is 5.41 Å². The number of nitrogens with two attached hydrogens (primary N) is 1. The Balaban J connectivity index is 2.38. The van der Waals surface area contributed by atoms with Gasteiger partial charge in [-0.3, -0.25) is 0 Å². The molecule has 0 unspecified atom stereocenters. The maximum Gasteiger partial charge on any atom is 0.0390 e. The SMILES string of the molecule is C/C=C(\C=C(/N)c1cccc(-c2ccccc2)c1)C(C)(C)C. The molecule has 0 atom stereocenters. The van der Waals surface area contributed by atoms with E-state index < -0.39 is 0 Å². The fourth-order valence-corrected chi connectivity index (χ4v) is 2.49. The Bertz CT molecular complexity index is 685. The molecule has 114 valence electrons. The number of hydrogen-bond donors (Lipinski definition) is 1. The summed E-state index contributed by atoms with van der Waals surface area (Å²) >= 11 is 0. The lowest BCUT2D eigenvalue weighted by Gasteiger charge is -2.21. The van der Waals surface area contributed by atoms with Crippen molar-refractivity contribution < 1.29 is 0 Å². The highest BCUT2D eigenvalue weighted by Crippen LogP contribution is 2.29. The third-order valence-corrected chi connectivity index (χ3v) is 3.79. The molecule has 0 aliphatic carbocycles. The second-order valence-corrected chi connectivity index (χ2v) is 6.54. The zero-order valence-corrected chi connectivity index (χ0v) is 13.9. The van der Waals surface area contributed by atoms with Gasteiger partial charge in [0.25, 0.3) is 0 Å². The molecule has 22 heavy (non-hydrogen) atoms. The molecule has 2 aromatic carbocycles. The van der Waals surface area contributed by atoms with Gasteiger partial charge in [0.05, 0.1) is 0 Å². The molecule has 0 fully saturated rings. The number of benzene rings is 2. The van der Waals surface area contributed by atoms with Crippen molar-refractivity contribution in [2.24, 2.45) is 11.1 Å². The van der Waals surface area contributed by atoms with Crippen LogP contribution in [-0.4, -0.2) is 0 Å². The number of hydrogen-bond acceptors (Lipinski definition) is 1. The van der Waals surface area contributed by atoms with Crippen LogP contribution in [0.4, 0.5) is 0 Å². The van der Waals surface area contributed by atoms with E-state index in [1.165, 1.54) is 16.7 Å². The van der Waals surface area contributed by atoms with Crippen molar-refractivity contribution in [3.05, 3.63) is 77.9 Å². The molecule has 2 N–H and O–H groups in total. The van der Waals surface area contributed by atoms with E-state index in [1.807, 2.05) is 6.07 Å². The van der Waals surface area contributed by atoms with Crippen molar-refractivity contribution in [3.63, 3.8) is 0 Å². The molecule has 0 bridgehead atoms. The summed E-state index contributed by atoms with van der Waals surface area (Å²) in [5, 5.41) is 0. The first-order valence-electron chi connectivity index (χ1n) is 7.71. The monoisotopic (exact) mass is 291 g/mol. The Kier molecular flexibility index (Phi) is 4.87. The summed E-state index contributed by atoms with van der Waals surface area (Å²) in [7, 11) is 0. The molecule has 0 amide bonds. The van der Waals surface area contributed by atoms with Gasteiger partial charge in [-0.2, -0.15) is 0 Å². The summed E-state index contributed by atoms with van der Waals surface area (Å²) in [4.78, 5) is 0. The minimum Gasteiger partial charge on any atom is -0.398 e. The van der Waals surface area contributed by atoms with Crippen LogP contribution in [0.15, 0.2) is 72.3 Å². The minimum atomic E-state index is 0.0937. The van der Waals surface area contributed by atoms with Gasteiger partial charge in [0.2, 0.25) is 0 Å². The topological polar surface area (TPSA) is 26.0 Å². The Hall–Kier alpha value is -2.28. The molecule has 0 aromatic heterocycles. The van der Waals surface area contributed by atoms with Gasteiger partial charge in [-0.25, -0.2) is 0 Å². The largest absolute Gasteiger partial charge is 0.398 e. The quantitative estimate of drug-likeness (QED) is 0.727. The van der Waals surface area contributed by atoms with E-state index in [0.717, 1.165) is 11.3 Å². The summed E-state index contributed by atoms with van der Waals surface area (Å²) in [6, 6.07) is 18.8. The third kappa shape index (κ3) is 3.88. The molecule has 0 spiro atoms. The van der Waals surface area contributed by atoms with Gasteiger partial charge in [0.15, 0.2) is 0 Å². The predicted octanol–water partition coefficient (Wildman–Crippen LogP) is 5.65. The normalized spacial score (nSPS) is 13.3. The maximum absolute atomic E-state index is 6.34. The summed E-state index contributed by atoms with van der Waals surface area (Å²) < 4.78 is 0. The molecule has 0 radical (unpaired) electrons. The van der Waals surface area contributed by atoms with Gasteiger partial charge in [-0.15, -0.1) is 0 Å². The highest BCUT2D eigenvalue weighted by atomic mass is 14.6. The molecule has 0 saturated heterocycles. The van der Waals surface area contributed by atoms with Crippen LogP contribution >= 0.6 is 0 Å². The standard InChI is InChI=1S/C21H25N/c1-5-19(21(2,3)4)15-20(22)18-13-9-12-17(14-18)16-10-7-6-8-11-16/h5-15H,22H2,1-4H3/b19-5+,20-15-. The summed E-state index contributed by atoms with van der Waals surface area (Å²) in [5.41, 5.74) is 11.9. The van der Waals surface area contributed by atoms with Crippen molar-refractivity contribution in [3.8, 4) is 11.1 Å². The van der Waals surface area contributed by atoms with E-state index in [2.05, 4.69) is 88.4 Å². The summed E-state index contributed by atoms with van der Waals surface area (Å²) in [5.74, 6) is 0. The fraction of sp³-hybridized carbons (Fsp3) is 0.238. The average Bonchev–Trinajstić information content (AvgIpc) is 2.52. The van der Waals surface area contributed by atoms with E-state index in [-0.39, 0.29) is 5.41 Å². The van der Waals surface area contributed by atoms with E-state index in [4.69, 9.17) is 5.73 Å². The zero-order valence-electron chi connectivity index (χ0n) is 13.9. The molecule has 1 nitrogen and oxygen atoms in total. The van der Waals surface area contributed by atoms with Crippen LogP contribution in [0.5, 0.6) is 0 Å². The van der Waals surface area contributed by atoms with Crippen LogP contribution in [0.25, 0.3) is 16.8 Å². The highest BCUT2D eigenvalue weighted by Gasteiger charge is 2.14. The number of allylic oxidation sites excluding steroid dienone is 3. The van der Waals surface area contributed by atoms with Gasteiger partial charge < -0.3 is 5.73 Å². The molecular formula is C21H25N. The van der Waals surface area contributed by atoms with Crippen LogP contribution in [-0.2, 0) is 0 Å². The Morgan fingerprint density at radius 3 is 2.14 bits per heavy atom. The lowest BCUT2D eigenvalue weighted by atomic mass is 9.85. The minimum absolute atomic E-state index is 0.0937. The molecule has 0 aliphatic rings. The smallest absolute Gasteiger partial charge is 0.0390 e. The van der Waals surface area contributed by atoms with Gasteiger partial charge in [0, 0.05) is 5.70 Å². The van der Waals surface area contributed by atoms with Crippen molar-refractivity contribution in [1.29, 1.82) is 0 Å². The van der Waals surface area contributed by atoms with Crippen molar-refractivity contribution >= 4 is 5.70 Å². The maximum atomic E-state index is 6.34. The number of rotatable bonds is 3. The third-order valence-electron chi connectivity index (χ3n) is 3.79. The summed E-state index contributed by atoms with van der Waals surface area (Å²) in [6.45, 7) is 8.66. The van der Waals surface area contributed by atoms with Crippen LogP contribution in [0.3, 0.4) is 0 Å². The van der Waals surface area contributed by atoms with Crippen molar-refractivity contribution in [2.45, 2.75) is 27.7 Å². The Morgan fingerprint density at radius 1 is 0.909 bits per heavy atom. The van der Waals surface area contributed by atoms with Crippen LogP contribution in [0.2, 0.25) is 0 Å². The molecule has 0 heterocycles. The lowest BCUT2D eigenvalue weighted by molar-refractivity contribution is 0.516. The van der Waals surface area contributed by atoms with Crippen LogP contribution in [0.1, 0.15) is 33.3 Å². The second kappa shape index (κ2) is 6.65. The first-order chi connectivity index (χ1) is 10.4. The van der Waals surface area contributed by atoms with Gasteiger partial charge in [0.1, 0.15) is 0 Å². The highest BCUT2D eigenvalue weighted by molar-refractivity contribution is 5.72. The van der Waals surface area contributed by atoms with E-state index in [0.29, 0.717) is 0 Å². The second-order valence-electron chi connectivity index (χ2n) is 6.54. The zero-order chi connectivity index (χ0) is 16.2. The first kappa shape index (κ1) is 16.1. The molecule has 2 aromatic rings. The fourth-order valence-electron chi connectivity index (χ4n) is 2.49. The molecule has 0 aliphatic heterocycles. The molecule has 0 saturated carbocycles.